The fraction of sp³-hybridized carbons (Fsp3) is 0.176. The van der Waals surface area contributed by atoms with Gasteiger partial charge >= 0.3 is 0 Å². The number of imidazole rings is 1. The highest BCUT2D eigenvalue weighted by molar-refractivity contribution is 5.86. The summed E-state index contributed by atoms with van der Waals surface area (Å²) in [5.41, 5.74) is 2.68. The predicted molar refractivity (Wildman–Crippen MR) is 84.8 cm³/mol. The van der Waals surface area contributed by atoms with Crippen LogP contribution in [-0.4, -0.2) is 14.0 Å². The summed E-state index contributed by atoms with van der Waals surface area (Å²) < 4.78 is 3.83. The molecule has 4 aromatic rings. The van der Waals surface area contributed by atoms with E-state index >= 15 is 0 Å². The molecule has 2 aromatic heterocycles. The first-order valence-electron chi connectivity index (χ1n) is 7.09. The highest BCUT2D eigenvalue weighted by Gasteiger charge is 2.16. The number of benzene rings is 2. The molecule has 4 rings (SSSR count). The minimum atomic E-state index is -0.00815. The number of aromatic nitrogens is 3. The number of hydrogen-bond acceptors (Lipinski definition) is 2. The molecule has 21 heavy (non-hydrogen) atoms. The van der Waals surface area contributed by atoms with Crippen molar-refractivity contribution in [1.82, 2.24) is 14.0 Å². The zero-order valence-corrected chi connectivity index (χ0v) is 11.9. The van der Waals surface area contributed by atoms with E-state index in [4.69, 9.17) is 4.98 Å². The first-order valence-corrected chi connectivity index (χ1v) is 7.09. The highest BCUT2D eigenvalue weighted by atomic mass is 16.1. The number of rotatable bonds is 1. The van der Waals surface area contributed by atoms with Gasteiger partial charge in [0.15, 0.2) is 0 Å². The second kappa shape index (κ2) is 4.19. The number of para-hydroxylation sites is 3. The molecule has 0 aliphatic heterocycles. The fourth-order valence-corrected chi connectivity index (χ4v) is 2.97. The van der Waals surface area contributed by atoms with Crippen molar-refractivity contribution in [3.63, 3.8) is 0 Å². The van der Waals surface area contributed by atoms with Gasteiger partial charge in [0.2, 0.25) is 5.78 Å². The van der Waals surface area contributed by atoms with Gasteiger partial charge in [0.1, 0.15) is 0 Å². The van der Waals surface area contributed by atoms with Crippen LogP contribution < -0.4 is 5.56 Å². The van der Waals surface area contributed by atoms with Gasteiger partial charge in [0, 0.05) is 6.04 Å². The smallest absolute Gasteiger partial charge is 0.267 e. The van der Waals surface area contributed by atoms with E-state index < -0.39 is 0 Å². The minimum absolute atomic E-state index is 0.00815. The third-order valence-corrected chi connectivity index (χ3v) is 3.87. The van der Waals surface area contributed by atoms with Crippen LogP contribution in [0.25, 0.3) is 27.7 Å². The Bertz CT molecular complexity index is 1040. The van der Waals surface area contributed by atoms with Crippen molar-refractivity contribution in [2.45, 2.75) is 19.9 Å². The Morgan fingerprint density at radius 1 is 0.952 bits per heavy atom. The summed E-state index contributed by atoms with van der Waals surface area (Å²) in [5, 5.41) is 0.654. The van der Waals surface area contributed by atoms with Gasteiger partial charge in [-0.15, -0.1) is 0 Å². The molecule has 2 heterocycles. The van der Waals surface area contributed by atoms with E-state index in [9.17, 15) is 4.79 Å². The molecule has 0 N–H and O–H groups in total. The predicted octanol–water partition coefficient (Wildman–Crippen LogP) is 3.38. The molecule has 0 spiro atoms. The van der Waals surface area contributed by atoms with Crippen LogP contribution in [0, 0.1) is 0 Å². The highest BCUT2D eigenvalue weighted by Crippen LogP contribution is 2.23. The van der Waals surface area contributed by atoms with Gasteiger partial charge in [-0.05, 0) is 38.1 Å². The lowest BCUT2D eigenvalue weighted by Crippen LogP contribution is -2.15. The Morgan fingerprint density at radius 2 is 1.62 bits per heavy atom. The molecule has 0 amide bonds. The van der Waals surface area contributed by atoms with Crippen LogP contribution in [-0.2, 0) is 0 Å². The second-order valence-electron chi connectivity index (χ2n) is 5.52. The van der Waals surface area contributed by atoms with Crippen LogP contribution in [0.2, 0.25) is 0 Å². The maximum atomic E-state index is 12.8. The summed E-state index contributed by atoms with van der Waals surface area (Å²) in [6.07, 6.45) is 0. The molecule has 0 atom stereocenters. The van der Waals surface area contributed by atoms with Crippen molar-refractivity contribution in [3.05, 3.63) is 58.9 Å². The molecular weight excluding hydrogens is 262 g/mol. The Hall–Kier alpha value is -2.62. The molecule has 0 saturated heterocycles. The van der Waals surface area contributed by atoms with E-state index in [1.54, 1.807) is 4.40 Å². The zero-order valence-electron chi connectivity index (χ0n) is 11.9. The summed E-state index contributed by atoms with van der Waals surface area (Å²) in [4.78, 5) is 17.6. The lowest BCUT2D eigenvalue weighted by atomic mass is 10.2. The van der Waals surface area contributed by atoms with Crippen molar-refractivity contribution in [2.24, 2.45) is 0 Å². The maximum Gasteiger partial charge on any atom is 0.267 e. The molecule has 0 aliphatic carbocycles. The monoisotopic (exact) mass is 277 g/mol. The number of fused-ring (bicyclic) bond motifs is 4. The van der Waals surface area contributed by atoms with E-state index in [1.807, 2.05) is 48.5 Å². The Balaban J connectivity index is 2.38. The summed E-state index contributed by atoms with van der Waals surface area (Å²) in [5.74, 6) is 0.704. The third kappa shape index (κ3) is 1.56. The largest absolute Gasteiger partial charge is 0.307 e. The third-order valence-electron chi connectivity index (χ3n) is 3.87. The van der Waals surface area contributed by atoms with E-state index in [0.717, 1.165) is 16.6 Å². The average Bonchev–Trinajstić information content (AvgIpc) is 2.82. The Kier molecular flexibility index (Phi) is 2.42. The Morgan fingerprint density at radius 3 is 2.38 bits per heavy atom. The zero-order chi connectivity index (χ0) is 14.6. The summed E-state index contributed by atoms with van der Waals surface area (Å²) in [7, 11) is 0. The lowest BCUT2D eigenvalue weighted by Gasteiger charge is -2.09. The standard InChI is InChI=1S/C17H15N3O/c1-11(2)19-14-9-5-6-10-15(14)20-16(21)12-7-3-4-8-13(12)18-17(19)20/h3-11H,1-2H3. The van der Waals surface area contributed by atoms with E-state index in [2.05, 4.69) is 18.4 Å². The SMILES string of the molecule is CC(C)n1c2ccccc2n2c(=O)c3ccccc3nc12. The normalized spacial score (nSPS) is 12.0. The first kappa shape index (κ1) is 12.1. The van der Waals surface area contributed by atoms with Crippen molar-refractivity contribution in [3.8, 4) is 0 Å². The first-order chi connectivity index (χ1) is 10.2. The van der Waals surface area contributed by atoms with Crippen molar-refractivity contribution in [1.29, 1.82) is 0 Å². The van der Waals surface area contributed by atoms with Crippen LogP contribution in [0.15, 0.2) is 53.3 Å². The molecule has 4 nitrogen and oxygen atoms in total. The van der Waals surface area contributed by atoms with E-state index in [-0.39, 0.29) is 11.6 Å². The van der Waals surface area contributed by atoms with Crippen LogP contribution in [0.3, 0.4) is 0 Å². The van der Waals surface area contributed by atoms with Gasteiger partial charge < -0.3 is 4.57 Å². The second-order valence-corrected chi connectivity index (χ2v) is 5.52. The fourth-order valence-electron chi connectivity index (χ4n) is 2.97. The van der Waals surface area contributed by atoms with Gasteiger partial charge in [-0.25, -0.2) is 9.38 Å². The Labute approximate surface area is 121 Å². The van der Waals surface area contributed by atoms with Crippen molar-refractivity contribution >= 4 is 27.7 Å². The summed E-state index contributed by atoms with van der Waals surface area (Å²) >= 11 is 0. The average molecular weight is 277 g/mol. The van der Waals surface area contributed by atoms with E-state index in [1.165, 1.54) is 0 Å². The molecular formula is C17H15N3O. The molecule has 0 aliphatic rings. The molecule has 4 heteroatoms. The van der Waals surface area contributed by atoms with E-state index in [0.29, 0.717) is 11.2 Å². The molecule has 0 radical (unpaired) electrons. The molecule has 0 saturated carbocycles. The van der Waals surface area contributed by atoms with Crippen LogP contribution in [0.4, 0.5) is 0 Å². The molecule has 0 fully saturated rings. The summed E-state index contributed by atoms with van der Waals surface area (Å²) in [6.45, 7) is 4.21. The van der Waals surface area contributed by atoms with Crippen molar-refractivity contribution < 1.29 is 0 Å². The van der Waals surface area contributed by atoms with Crippen LogP contribution >= 0.6 is 0 Å². The van der Waals surface area contributed by atoms with Gasteiger partial charge in [0.25, 0.3) is 5.56 Å². The quantitative estimate of drug-likeness (QED) is 0.535. The van der Waals surface area contributed by atoms with Gasteiger partial charge in [-0.1, -0.05) is 24.3 Å². The molecule has 0 unspecified atom stereocenters. The number of nitrogens with zero attached hydrogens (tertiary/aromatic N) is 3. The summed E-state index contributed by atoms with van der Waals surface area (Å²) in [6, 6.07) is 15.7. The topological polar surface area (TPSA) is 39.3 Å². The van der Waals surface area contributed by atoms with Crippen LogP contribution in [0.5, 0.6) is 0 Å². The molecule has 104 valence electrons. The minimum Gasteiger partial charge on any atom is -0.307 e. The molecule has 2 aromatic carbocycles. The molecule has 0 bridgehead atoms. The maximum absolute atomic E-state index is 12.8. The van der Waals surface area contributed by atoms with Gasteiger partial charge in [-0.2, -0.15) is 0 Å². The van der Waals surface area contributed by atoms with Crippen molar-refractivity contribution in [2.75, 3.05) is 0 Å². The van der Waals surface area contributed by atoms with Crippen LogP contribution in [0.1, 0.15) is 19.9 Å². The number of hydrogen-bond donors (Lipinski definition) is 0. The lowest BCUT2D eigenvalue weighted by molar-refractivity contribution is 0.631. The van der Waals surface area contributed by atoms with Gasteiger partial charge in [0.05, 0.1) is 21.9 Å². The van der Waals surface area contributed by atoms with Gasteiger partial charge in [-0.3, -0.25) is 4.79 Å².